The standard InChI is InChI=1S/C11H11FO/c1-11(12)7-6-8-4-2-3-5-9(8)10(11)13/h2-5H,6-7H2,1H3. The van der Waals surface area contributed by atoms with Gasteiger partial charge in [-0.05, 0) is 25.3 Å². The number of benzene rings is 1. The molecule has 0 aliphatic heterocycles. The summed E-state index contributed by atoms with van der Waals surface area (Å²) < 4.78 is 13.6. The Kier molecular flexibility index (Phi) is 1.72. The number of halogens is 1. The summed E-state index contributed by atoms with van der Waals surface area (Å²) in [5.41, 5.74) is -0.129. The molecule has 1 atom stereocenters. The van der Waals surface area contributed by atoms with E-state index >= 15 is 0 Å². The minimum absolute atomic E-state index is 0.308. The van der Waals surface area contributed by atoms with Crippen molar-refractivity contribution in [1.82, 2.24) is 0 Å². The van der Waals surface area contributed by atoms with E-state index in [9.17, 15) is 9.18 Å². The normalized spacial score (nSPS) is 27.1. The first kappa shape index (κ1) is 8.42. The van der Waals surface area contributed by atoms with Gasteiger partial charge in [-0.2, -0.15) is 0 Å². The van der Waals surface area contributed by atoms with Gasteiger partial charge in [0.25, 0.3) is 0 Å². The lowest BCUT2D eigenvalue weighted by atomic mass is 9.82. The molecule has 2 rings (SSSR count). The molecule has 0 radical (unpaired) electrons. The first-order valence-electron chi connectivity index (χ1n) is 4.43. The molecule has 1 aliphatic carbocycles. The Morgan fingerprint density at radius 2 is 2.08 bits per heavy atom. The molecule has 13 heavy (non-hydrogen) atoms. The fourth-order valence-electron chi connectivity index (χ4n) is 1.72. The molecule has 0 saturated carbocycles. The van der Waals surface area contributed by atoms with Crippen molar-refractivity contribution >= 4 is 5.78 Å². The van der Waals surface area contributed by atoms with Gasteiger partial charge in [-0.1, -0.05) is 24.3 Å². The molecule has 0 spiro atoms. The number of hydrogen-bond acceptors (Lipinski definition) is 1. The summed E-state index contributed by atoms with van der Waals surface area (Å²) in [7, 11) is 0. The van der Waals surface area contributed by atoms with Crippen molar-refractivity contribution in [2.45, 2.75) is 25.4 Å². The first-order valence-corrected chi connectivity index (χ1v) is 4.43. The molecule has 0 aromatic heterocycles. The minimum atomic E-state index is -1.66. The van der Waals surface area contributed by atoms with Crippen LogP contribution in [0.3, 0.4) is 0 Å². The van der Waals surface area contributed by atoms with Gasteiger partial charge in [0.05, 0.1) is 0 Å². The molecule has 1 aromatic rings. The monoisotopic (exact) mass is 178 g/mol. The highest BCUT2D eigenvalue weighted by atomic mass is 19.1. The van der Waals surface area contributed by atoms with Crippen LogP contribution in [0.4, 0.5) is 4.39 Å². The van der Waals surface area contributed by atoms with Crippen LogP contribution in [0.25, 0.3) is 0 Å². The molecular formula is C11H11FO. The van der Waals surface area contributed by atoms with Crippen LogP contribution in [-0.2, 0) is 6.42 Å². The lowest BCUT2D eigenvalue weighted by molar-refractivity contribution is 0.0684. The molecule has 1 unspecified atom stereocenters. The van der Waals surface area contributed by atoms with Crippen LogP contribution in [0.2, 0.25) is 0 Å². The number of rotatable bonds is 0. The number of alkyl halides is 1. The second-order valence-corrected chi connectivity index (χ2v) is 3.68. The Morgan fingerprint density at radius 1 is 1.38 bits per heavy atom. The third kappa shape index (κ3) is 1.26. The summed E-state index contributed by atoms with van der Waals surface area (Å²) in [6.07, 6.45) is 0.970. The van der Waals surface area contributed by atoms with Gasteiger partial charge < -0.3 is 0 Å². The highest BCUT2D eigenvalue weighted by Gasteiger charge is 2.37. The minimum Gasteiger partial charge on any atom is -0.291 e. The highest BCUT2D eigenvalue weighted by Crippen LogP contribution is 2.30. The van der Waals surface area contributed by atoms with Crippen LogP contribution in [-0.4, -0.2) is 11.5 Å². The van der Waals surface area contributed by atoms with Gasteiger partial charge >= 0.3 is 0 Å². The Bertz CT molecular complexity index is 355. The summed E-state index contributed by atoms with van der Waals surface area (Å²) in [5, 5.41) is 0. The number of aryl methyl sites for hydroxylation is 1. The molecule has 0 amide bonds. The zero-order valence-electron chi connectivity index (χ0n) is 7.51. The van der Waals surface area contributed by atoms with Crippen molar-refractivity contribution in [2.75, 3.05) is 0 Å². The average Bonchev–Trinajstić information content (AvgIpc) is 2.13. The quantitative estimate of drug-likeness (QED) is 0.596. The van der Waals surface area contributed by atoms with E-state index in [-0.39, 0.29) is 5.78 Å². The van der Waals surface area contributed by atoms with E-state index in [1.807, 2.05) is 12.1 Å². The van der Waals surface area contributed by atoms with Crippen LogP contribution < -0.4 is 0 Å². The van der Waals surface area contributed by atoms with Gasteiger partial charge in [-0.3, -0.25) is 4.79 Å². The zero-order valence-corrected chi connectivity index (χ0v) is 7.51. The van der Waals surface area contributed by atoms with E-state index in [1.165, 1.54) is 6.92 Å². The first-order chi connectivity index (χ1) is 6.11. The Hall–Kier alpha value is -1.18. The zero-order chi connectivity index (χ0) is 9.47. The number of carbonyl (C=O) groups excluding carboxylic acids is 1. The van der Waals surface area contributed by atoms with E-state index in [4.69, 9.17) is 0 Å². The van der Waals surface area contributed by atoms with Crippen LogP contribution in [0.15, 0.2) is 24.3 Å². The molecule has 1 aliphatic rings. The second-order valence-electron chi connectivity index (χ2n) is 3.68. The molecule has 1 nitrogen and oxygen atoms in total. The molecule has 0 saturated heterocycles. The second kappa shape index (κ2) is 2.66. The Morgan fingerprint density at radius 3 is 2.85 bits per heavy atom. The fourth-order valence-corrected chi connectivity index (χ4v) is 1.72. The fraction of sp³-hybridized carbons (Fsp3) is 0.364. The maximum Gasteiger partial charge on any atom is 0.199 e. The lowest BCUT2D eigenvalue weighted by Gasteiger charge is -2.25. The third-order valence-corrected chi connectivity index (χ3v) is 2.60. The topological polar surface area (TPSA) is 17.1 Å². The molecule has 0 fully saturated rings. The van der Waals surface area contributed by atoms with Crippen LogP contribution >= 0.6 is 0 Å². The third-order valence-electron chi connectivity index (χ3n) is 2.60. The van der Waals surface area contributed by atoms with E-state index in [0.29, 0.717) is 18.4 Å². The van der Waals surface area contributed by atoms with Crippen LogP contribution in [0.5, 0.6) is 0 Å². The predicted octanol–water partition coefficient (Wildman–Crippen LogP) is 2.54. The molecule has 68 valence electrons. The lowest BCUT2D eigenvalue weighted by Crippen LogP contribution is -2.35. The number of fused-ring (bicyclic) bond motifs is 1. The van der Waals surface area contributed by atoms with Crippen molar-refractivity contribution in [3.05, 3.63) is 35.4 Å². The molecule has 0 N–H and O–H groups in total. The average molecular weight is 178 g/mol. The number of ketones is 1. The van der Waals surface area contributed by atoms with Crippen molar-refractivity contribution < 1.29 is 9.18 Å². The molecule has 1 aromatic carbocycles. The van der Waals surface area contributed by atoms with Gasteiger partial charge in [-0.15, -0.1) is 0 Å². The Balaban J connectivity index is 2.52. The van der Waals surface area contributed by atoms with Crippen molar-refractivity contribution in [1.29, 1.82) is 0 Å². The van der Waals surface area contributed by atoms with Crippen molar-refractivity contribution in [2.24, 2.45) is 0 Å². The predicted molar refractivity (Wildman–Crippen MR) is 48.6 cm³/mol. The van der Waals surface area contributed by atoms with Gasteiger partial charge in [-0.25, -0.2) is 4.39 Å². The van der Waals surface area contributed by atoms with Gasteiger partial charge in [0, 0.05) is 5.56 Å². The van der Waals surface area contributed by atoms with Crippen LogP contribution in [0.1, 0.15) is 29.3 Å². The van der Waals surface area contributed by atoms with E-state index in [1.54, 1.807) is 12.1 Å². The summed E-state index contributed by atoms with van der Waals surface area (Å²) in [6.45, 7) is 1.37. The molecule has 0 heterocycles. The van der Waals surface area contributed by atoms with E-state index < -0.39 is 5.67 Å². The number of hydrogen-bond donors (Lipinski definition) is 0. The summed E-state index contributed by atoms with van der Waals surface area (Å²) in [5.74, 6) is -0.366. The van der Waals surface area contributed by atoms with Crippen molar-refractivity contribution in [3.8, 4) is 0 Å². The molecule has 2 heteroatoms. The largest absolute Gasteiger partial charge is 0.291 e. The summed E-state index contributed by atoms with van der Waals surface area (Å²) in [4.78, 5) is 11.6. The SMILES string of the molecule is CC1(F)CCc2ccccc2C1=O. The van der Waals surface area contributed by atoms with E-state index in [0.717, 1.165) is 5.56 Å². The summed E-state index contributed by atoms with van der Waals surface area (Å²) >= 11 is 0. The van der Waals surface area contributed by atoms with E-state index in [2.05, 4.69) is 0 Å². The number of Topliss-reactive ketones (excluding diaryl/α,β-unsaturated/α-hetero) is 1. The molecule has 0 bridgehead atoms. The highest BCUT2D eigenvalue weighted by molar-refractivity contribution is 6.04. The maximum atomic E-state index is 13.6. The maximum absolute atomic E-state index is 13.6. The van der Waals surface area contributed by atoms with Crippen LogP contribution in [0, 0.1) is 0 Å². The molecular weight excluding hydrogens is 167 g/mol. The summed E-state index contributed by atoms with van der Waals surface area (Å²) in [6, 6.07) is 7.25. The van der Waals surface area contributed by atoms with Gasteiger partial charge in [0.2, 0.25) is 0 Å². The number of carbonyl (C=O) groups is 1. The van der Waals surface area contributed by atoms with Crippen molar-refractivity contribution in [3.63, 3.8) is 0 Å². The van der Waals surface area contributed by atoms with Gasteiger partial charge in [0.1, 0.15) is 0 Å². The smallest absolute Gasteiger partial charge is 0.199 e. The van der Waals surface area contributed by atoms with Gasteiger partial charge in [0.15, 0.2) is 11.5 Å². The Labute approximate surface area is 76.6 Å².